The second-order valence-corrected chi connectivity index (χ2v) is 5.19. The van der Waals surface area contributed by atoms with Crippen molar-refractivity contribution in [3.8, 4) is 0 Å². The number of rotatable bonds is 4. The van der Waals surface area contributed by atoms with E-state index in [1.165, 1.54) is 4.88 Å². The van der Waals surface area contributed by atoms with Gasteiger partial charge in [-0.15, -0.1) is 11.3 Å². The molecule has 5 heteroatoms. The van der Waals surface area contributed by atoms with Gasteiger partial charge in [-0.25, -0.2) is 0 Å². The molecule has 4 nitrogen and oxygen atoms in total. The lowest BCUT2D eigenvalue weighted by Crippen LogP contribution is -2.41. The molecule has 92 valence electrons. The molecule has 2 N–H and O–H groups in total. The number of hydrogen-bond donors (Lipinski definition) is 2. The zero-order valence-electron chi connectivity index (χ0n) is 9.57. The molecule has 0 bridgehead atoms. The van der Waals surface area contributed by atoms with Crippen LogP contribution in [0.1, 0.15) is 17.7 Å². The Hall–Kier alpha value is -1.36. The summed E-state index contributed by atoms with van der Waals surface area (Å²) in [6.07, 6.45) is 1.93. The van der Waals surface area contributed by atoms with E-state index in [0.29, 0.717) is 19.5 Å². The predicted molar refractivity (Wildman–Crippen MR) is 66.8 cm³/mol. The van der Waals surface area contributed by atoms with Gasteiger partial charge in [0.2, 0.25) is 11.8 Å². The van der Waals surface area contributed by atoms with Crippen LogP contribution in [0.15, 0.2) is 17.5 Å². The quantitative estimate of drug-likeness (QED) is 0.837. The van der Waals surface area contributed by atoms with E-state index in [2.05, 4.69) is 16.7 Å². The van der Waals surface area contributed by atoms with Gasteiger partial charge in [-0.1, -0.05) is 6.07 Å². The molecule has 1 fully saturated rings. The maximum Gasteiger partial charge on any atom is 0.223 e. The Labute approximate surface area is 104 Å². The van der Waals surface area contributed by atoms with E-state index in [0.717, 1.165) is 12.8 Å². The number of hydrogen-bond acceptors (Lipinski definition) is 3. The Balaban J connectivity index is 1.71. The van der Waals surface area contributed by atoms with E-state index in [1.54, 1.807) is 11.3 Å². The van der Waals surface area contributed by atoms with Gasteiger partial charge in [0.05, 0.1) is 0 Å². The van der Waals surface area contributed by atoms with Crippen molar-refractivity contribution in [1.82, 2.24) is 10.6 Å². The van der Waals surface area contributed by atoms with E-state index in [9.17, 15) is 9.59 Å². The second-order valence-electron chi connectivity index (χ2n) is 4.16. The summed E-state index contributed by atoms with van der Waals surface area (Å²) in [7, 11) is 0. The normalized spacial score (nSPS) is 19.8. The van der Waals surface area contributed by atoms with Crippen molar-refractivity contribution < 1.29 is 9.59 Å². The van der Waals surface area contributed by atoms with Gasteiger partial charge in [-0.2, -0.15) is 0 Å². The standard InChI is InChI=1S/C12H16N2O2S/c15-11-8-9(3-5-13-11)12(16)14-6-4-10-2-1-7-17-10/h1-2,7,9H,3-6,8H2,(H,13,15)(H,14,16). The van der Waals surface area contributed by atoms with Crippen molar-refractivity contribution in [2.75, 3.05) is 13.1 Å². The van der Waals surface area contributed by atoms with Gasteiger partial charge >= 0.3 is 0 Å². The average Bonchev–Trinajstić information content (AvgIpc) is 2.82. The first-order valence-corrected chi connectivity index (χ1v) is 6.70. The zero-order valence-corrected chi connectivity index (χ0v) is 10.4. The van der Waals surface area contributed by atoms with Gasteiger partial charge < -0.3 is 10.6 Å². The van der Waals surface area contributed by atoms with Crippen LogP contribution in [0.2, 0.25) is 0 Å². The maximum absolute atomic E-state index is 11.8. The fourth-order valence-corrected chi connectivity index (χ4v) is 2.62. The molecule has 1 atom stereocenters. The van der Waals surface area contributed by atoms with Crippen LogP contribution >= 0.6 is 11.3 Å². The Morgan fingerprint density at radius 3 is 3.18 bits per heavy atom. The molecule has 1 aliphatic rings. The van der Waals surface area contributed by atoms with Gasteiger partial charge in [0.25, 0.3) is 0 Å². The molecule has 0 spiro atoms. The molecular weight excluding hydrogens is 236 g/mol. The predicted octanol–water partition coefficient (Wildman–Crippen LogP) is 0.933. The smallest absolute Gasteiger partial charge is 0.223 e. The zero-order chi connectivity index (χ0) is 12.1. The van der Waals surface area contributed by atoms with Crippen LogP contribution in [0.5, 0.6) is 0 Å². The molecule has 1 aromatic rings. The topological polar surface area (TPSA) is 58.2 Å². The number of amides is 2. The third kappa shape index (κ3) is 3.56. The summed E-state index contributed by atoms with van der Waals surface area (Å²) in [5.41, 5.74) is 0. The van der Waals surface area contributed by atoms with E-state index >= 15 is 0 Å². The average molecular weight is 252 g/mol. The maximum atomic E-state index is 11.8. The molecule has 1 saturated heterocycles. The first-order valence-electron chi connectivity index (χ1n) is 5.82. The molecule has 0 radical (unpaired) electrons. The van der Waals surface area contributed by atoms with Gasteiger partial charge in [-0.3, -0.25) is 9.59 Å². The van der Waals surface area contributed by atoms with Gasteiger partial charge in [-0.05, 0) is 24.3 Å². The summed E-state index contributed by atoms with van der Waals surface area (Å²) in [6.45, 7) is 1.26. The van der Waals surface area contributed by atoms with Crippen LogP contribution in [0.4, 0.5) is 0 Å². The van der Waals surface area contributed by atoms with Crippen LogP contribution in [-0.2, 0) is 16.0 Å². The third-order valence-electron chi connectivity index (χ3n) is 2.87. The van der Waals surface area contributed by atoms with E-state index in [1.807, 2.05) is 11.4 Å². The fourth-order valence-electron chi connectivity index (χ4n) is 1.92. The monoisotopic (exact) mass is 252 g/mol. The lowest BCUT2D eigenvalue weighted by molar-refractivity contribution is -0.132. The van der Waals surface area contributed by atoms with E-state index in [-0.39, 0.29) is 17.7 Å². The second kappa shape index (κ2) is 5.82. The van der Waals surface area contributed by atoms with Crippen molar-refractivity contribution >= 4 is 23.2 Å². The summed E-state index contributed by atoms with van der Waals surface area (Å²) in [5.74, 6) is -0.154. The molecule has 2 rings (SSSR count). The van der Waals surface area contributed by atoms with Crippen LogP contribution in [0.25, 0.3) is 0 Å². The number of carbonyl (C=O) groups is 2. The summed E-state index contributed by atoms with van der Waals surface area (Å²) in [6, 6.07) is 4.07. The summed E-state index contributed by atoms with van der Waals surface area (Å²) in [5, 5.41) is 7.66. The number of nitrogens with one attached hydrogen (secondary N) is 2. The molecule has 2 amide bonds. The Bertz CT molecular complexity index is 389. The number of thiophene rings is 1. The van der Waals surface area contributed by atoms with Crippen LogP contribution < -0.4 is 10.6 Å². The first-order chi connectivity index (χ1) is 8.25. The molecule has 0 aromatic carbocycles. The summed E-state index contributed by atoms with van der Waals surface area (Å²) in [4.78, 5) is 24.2. The van der Waals surface area contributed by atoms with Crippen molar-refractivity contribution in [3.05, 3.63) is 22.4 Å². The van der Waals surface area contributed by atoms with Gasteiger partial charge in [0.1, 0.15) is 0 Å². The van der Waals surface area contributed by atoms with Crippen LogP contribution in [0.3, 0.4) is 0 Å². The minimum Gasteiger partial charge on any atom is -0.356 e. The highest BCUT2D eigenvalue weighted by Gasteiger charge is 2.24. The molecule has 1 aromatic heterocycles. The largest absolute Gasteiger partial charge is 0.356 e. The Morgan fingerprint density at radius 1 is 1.59 bits per heavy atom. The highest BCUT2D eigenvalue weighted by atomic mass is 32.1. The minimum absolute atomic E-state index is 0.0106. The molecular formula is C12H16N2O2S. The van der Waals surface area contributed by atoms with Crippen molar-refractivity contribution in [2.45, 2.75) is 19.3 Å². The van der Waals surface area contributed by atoms with Crippen LogP contribution in [-0.4, -0.2) is 24.9 Å². The molecule has 1 aliphatic heterocycles. The molecule has 2 heterocycles. The SMILES string of the molecule is O=C1CC(C(=O)NCCc2cccs2)CCN1. The van der Waals surface area contributed by atoms with E-state index in [4.69, 9.17) is 0 Å². The minimum atomic E-state index is -0.146. The fraction of sp³-hybridized carbons (Fsp3) is 0.500. The van der Waals surface area contributed by atoms with E-state index < -0.39 is 0 Å². The highest BCUT2D eigenvalue weighted by Crippen LogP contribution is 2.13. The molecule has 17 heavy (non-hydrogen) atoms. The first kappa shape index (κ1) is 12.1. The highest BCUT2D eigenvalue weighted by molar-refractivity contribution is 7.09. The Kier molecular flexibility index (Phi) is 4.14. The summed E-state index contributed by atoms with van der Waals surface area (Å²) < 4.78 is 0. The van der Waals surface area contributed by atoms with Crippen molar-refractivity contribution in [1.29, 1.82) is 0 Å². The number of carbonyl (C=O) groups excluding carboxylic acids is 2. The lowest BCUT2D eigenvalue weighted by Gasteiger charge is -2.21. The van der Waals surface area contributed by atoms with Crippen LogP contribution in [0, 0.1) is 5.92 Å². The lowest BCUT2D eigenvalue weighted by atomic mass is 9.97. The van der Waals surface area contributed by atoms with Gasteiger partial charge in [0.15, 0.2) is 0 Å². The number of piperidine rings is 1. The third-order valence-corrected chi connectivity index (χ3v) is 3.80. The molecule has 0 aliphatic carbocycles. The Morgan fingerprint density at radius 2 is 2.47 bits per heavy atom. The summed E-state index contributed by atoms with van der Waals surface area (Å²) >= 11 is 1.70. The van der Waals surface area contributed by atoms with Crippen molar-refractivity contribution in [2.24, 2.45) is 5.92 Å². The molecule has 0 saturated carbocycles. The van der Waals surface area contributed by atoms with Crippen molar-refractivity contribution in [3.63, 3.8) is 0 Å². The molecule has 1 unspecified atom stereocenters. The van der Waals surface area contributed by atoms with Gasteiger partial charge in [0, 0.05) is 30.3 Å².